The highest BCUT2D eigenvalue weighted by Crippen LogP contribution is 2.40. The second-order valence-electron chi connectivity index (χ2n) is 12.2. The van der Waals surface area contributed by atoms with E-state index in [9.17, 15) is 49.1 Å². The zero-order valence-corrected chi connectivity index (χ0v) is 29.4. The Bertz CT molecular complexity index is 2240. The van der Waals surface area contributed by atoms with Gasteiger partial charge in [0.2, 0.25) is 0 Å². The predicted molar refractivity (Wildman–Crippen MR) is 182 cm³/mol. The first-order valence-electron chi connectivity index (χ1n) is 16.4. The molecule has 0 aliphatic rings. The molecule has 4 N–H and O–H groups in total. The molecule has 298 valence electrons. The van der Waals surface area contributed by atoms with Crippen LogP contribution >= 0.6 is 0 Å². The summed E-state index contributed by atoms with van der Waals surface area (Å²) in [5.74, 6) is -4.23. The van der Waals surface area contributed by atoms with Crippen molar-refractivity contribution >= 4 is 34.2 Å². The van der Waals surface area contributed by atoms with Crippen molar-refractivity contribution in [3.63, 3.8) is 0 Å². The quantitative estimate of drug-likeness (QED) is 0.0652. The molecule has 11 nitrogen and oxygen atoms in total. The van der Waals surface area contributed by atoms with Crippen LogP contribution in [-0.4, -0.2) is 45.5 Å². The Morgan fingerprint density at radius 1 is 0.875 bits per heavy atom. The highest BCUT2D eigenvalue weighted by Gasteiger charge is 2.52. The molecule has 5 rings (SSSR count). The topological polar surface area (TPSA) is 143 Å². The van der Waals surface area contributed by atoms with Crippen molar-refractivity contribution in [2.75, 3.05) is 17.7 Å². The number of hydrogen-bond acceptors (Lipinski definition) is 9. The number of ether oxygens (including phenoxy) is 3. The Labute approximate surface area is 311 Å². The number of carbonyl (C=O) groups excluding carboxylic acids is 2. The molecule has 0 bridgehead atoms. The number of nitrogens with zero attached hydrogens (tertiary/aromatic N) is 3. The van der Waals surface area contributed by atoms with Gasteiger partial charge in [0.05, 0.1) is 18.4 Å². The number of fused-ring (bicyclic) bond motifs is 1. The van der Waals surface area contributed by atoms with Gasteiger partial charge in [0.1, 0.15) is 11.5 Å². The Hall–Kier alpha value is -6.21. The van der Waals surface area contributed by atoms with Crippen LogP contribution in [0.25, 0.3) is 16.5 Å². The summed E-state index contributed by atoms with van der Waals surface area (Å²) < 4.78 is 141. The van der Waals surface area contributed by atoms with Crippen molar-refractivity contribution in [3.8, 4) is 17.2 Å². The monoisotopic (exact) mass is 798 g/mol. The summed E-state index contributed by atoms with van der Waals surface area (Å²) in [5.41, 5.74) is -2.26. The van der Waals surface area contributed by atoms with Crippen LogP contribution in [0.4, 0.5) is 51.0 Å². The number of aromatic nitrogens is 3. The lowest BCUT2D eigenvalue weighted by atomic mass is 9.99. The van der Waals surface area contributed by atoms with E-state index < -0.39 is 71.4 Å². The van der Waals surface area contributed by atoms with Crippen LogP contribution < -0.4 is 25.8 Å². The molecule has 20 heteroatoms. The highest BCUT2D eigenvalue weighted by molar-refractivity contribution is 5.96. The van der Waals surface area contributed by atoms with E-state index in [1.807, 2.05) is 0 Å². The normalized spacial score (nSPS) is 13.3. The fourth-order valence-electron chi connectivity index (χ4n) is 5.49. The predicted octanol–water partition coefficient (Wildman–Crippen LogP) is 7.91. The minimum absolute atomic E-state index is 0.00713. The summed E-state index contributed by atoms with van der Waals surface area (Å²) in [6.45, 7) is 4.11. The van der Waals surface area contributed by atoms with Crippen molar-refractivity contribution in [1.82, 2.24) is 20.1 Å². The maximum absolute atomic E-state index is 14.5. The van der Waals surface area contributed by atoms with Gasteiger partial charge >= 0.3 is 24.5 Å². The number of anilines is 2. The lowest BCUT2D eigenvalue weighted by molar-refractivity contribution is -0.213. The lowest BCUT2D eigenvalue weighted by Gasteiger charge is -2.35. The molecule has 2 heterocycles. The van der Waals surface area contributed by atoms with Crippen molar-refractivity contribution in [2.45, 2.75) is 57.7 Å². The third-order valence-electron chi connectivity index (χ3n) is 7.87. The van der Waals surface area contributed by atoms with Gasteiger partial charge in [0.25, 0.3) is 11.6 Å². The van der Waals surface area contributed by atoms with Crippen LogP contribution in [-0.2, 0) is 38.9 Å². The highest BCUT2D eigenvalue weighted by atomic mass is 19.4. The van der Waals surface area contributed by atoms with E-state index in [1.54, 1.807) is 20.8 Å². The van der Waals surface area contributed by atoms with E-state index in [1.165, 1.54) is 48.7 Å². The number of pyridine rings is 1. The zero-order valence-electron chi connectivity index (χ0n) is 29.4. The van der Waals surface area contributed by atoms with Crippen LogP contribution in [0.1, 0.15) is 43.3 Å². The van der Waals surface area contributed by atoms with E-state index in [4.69, 9.17) is 19.9 Å². The summed E-state index contributed by atoms with van der Waals surface area (Å²) in [6.07, 6.45) is -15.4. The van der Waals surface area contributed by atoms with Crippen molar-refractivity contribution in [1.29, 1.82) is 0 Å². The Morgan fingerprint density at radius 2 is 1.59 bits per heavy atom. The minimum Gasteiger partial charge on any atom is -0.490 e. The number of benzene rings is 3. The molecular weight excluding hydrogens is 767 g/mol. The number of para-hydroxylation sites is 1. The van der Waals surface area contributed by atoms with Gasteiger partial charge in [0, 0.05) is 35.4 Å². The third-order valence-corrected chi connectivity index (χ3v) is 7.87. The summed E-state index contributed by atoms with van der Waals surface area (Å²) in [7, 11) is 0. The molecule has 0 aliphatic heterocycles. The van der Waals surface area contributed by atoms with Crippen LogP contribution in [0.2, 0.25) is 0 Å². The number of nitrogen functional groups attached to an aromatic ring is 1. The summed E-state index contributed by atoms with van der Waals surface area (Å²) in [5, 5.41) is 8.78. The summed E-state index contributed by atoms with van der Waals surface area (Å²) >= 11 is 0. The first-order chi connectivity index (χ1) is 26.1. The number of esters is 1. The van der Waals surface area contributed by atoms with Gasteiger partial charge in [-0.25, -0.2) is 14.5 Å². The molecule has 0 aliphatic carbocycles. The smallest absolute Gasteiger partial charge is 0.490 e. The number of hydrogen-bond donors (Lipinski definition) is 3. The number of halogens is 9. The van der Waals surface area contributed by atoms with Crippen LogP contribution in [0.3, 0.4) is 0 Å². The Balaban J connectivity index is 1.68. The second kappa shape index (κ2) is 15.5. The van der Waals surface area contributed by atoms with Gasteiger partial charge in [-0.15, -0.1) is 0 Å². The SMILES string of the molecule is CCOc1cc(C(Nc2ccc3c(N)nccc3c2)(OC(=O)C(F)(F)F)C(=O)NCc2ccccc2-n2nc(C(F)(F)F)cc2C(F)(F)F)ccc1OC(C)C. The zero-order chi connectivity index (χ0) is 41.2. The number of carbonyl (C=O) groups is 2. The van der Waals surface area contributed by atoms with Crippen LogP contribution in [0, 0.1) is 0 Å². The number of amides is 1. The number of nitrogens with one attached hydrogen (secondary N) is 2. The molecule has 0 radical (unpaired) electrons. The molecule has 0 saturated carbocycles. The van der Waals surface area contributed by atoms with E-state index in [2.05, 4.69) is 20.7 Å². The average Bonchev–Trinajstić information content (AvgIpc) is 3.58. The maximum atomic E-state index is 14.5. The Kier molecular flexibility index (Phi) is 11.3. The van der Waals surface area contributed by atoms with E-state index in [0.717, 1.165) is 24.3 Å². The molecule has 0 saturated heterocycles. The molecule has 0 fully saturated rings. The molecule has 1 unspecified atom stereocenters. The van der Waals surface area contributed by atoms with Gasteiger partial charge in [-0.2, -0.15) is 44.6 Å². The van der Waals surface area contributed by atoms with Crippen LogP contribution in [0.5, 0.6) is 11.5 Å². The average molecular weight is 799 g/mol. The van der Waals surface area contributed by atoms with Crippen molar-refractivity contribution in [3.05, 3.63) is 102 Å². The first kappa shape index (κ1) is 41.0. The van der Waals surface area contributed by atoms with Gasteiger partial charge in [-0.3, -0.25) is 4.79 Å². The minimum atomic E-state index is -5.67. The molecule has 56 heavy (non-hydrogen) atoms. The fourth-order valence-corrected chi connectivity index (χ4v) is 5.49. The van der Waals surface area contributed by atoms with E-state index in [0.29, 0.717) is 10.8 Å². The molecule has 1 atom stereocenters. The van der Waals surface area contributed by atoms with E-state index >= 15 is 0 Å². The van der Waals surface area contributed by atoms with Crippen molar-refractivity contribution < 1.29 is 63.3 Å². The van der Waals surface area contributed by atoms with Crippen LogP contribution in [0.15, 0.2) is 79.0 Å². The Morgan fingerprint density at radius 3 is 2.23 bits per heavy atom. The third kappa shape index (κ3) is 8.84. The first-order valence-corrected chi connectivity index (χ1v) is 16.4. The molecular formula is C36H31F9N6O5. The second-order valence-corrected chi connectivity index (χ2v) is 12.2. The van der Waals surface area contributed by atoms with Gasteiger partial charge in [0.15, 0.2) is 17.2 Å². The molecule has 1 amide bonds. The largest absolute Gasteiger partial charge is 0.491 e. The lowest BCUT2D eigenvalue weighted by Crippen LogP contribution is -2.54. The maximum Gasteiger partial charge on any atom is 0.491 e. The molecule has 2 aromatic heterocycles. The standard InChI is InChI=1S/C36H31F9N6O5/c1-4-54-27-16-22(9-12-26(27)55-19(2)3)33(56-32(53)36(43,44)45,49-23-10-11-24-20(15-23)13-14-47-30(24)46)31(52)48-18-21-7-5-6-8-25(21)51-29(35(40,41)42)17-28(50-51)34(37,38)39/h5-17,19,49H,4,18H2,1-3H3,(H2,46,47)(H,48,52). The fraction of sp³-hybridized carbons (Fsp3) is 0.278. The number of nitrogens with two attached hydrogens (primary N) is 1. The van der Waals surface area contributed by atoms with E-state index in [-0.39, 0.29) is 45.9 Å². The van der Waals surface area contributed by atoms with Crippen molar-refractivity contribution in [2.24, 2.45) is 0 Å². The van der Waals surface area contributed by atoms with Gasteiger partial charge < -0.3 is 30.6 Å². The molecule has 0 spiro atoms. The molecule has 3 aromatic carbocycles. The van der Waals surface area contributed by atoms with Gasteiger partial charge in [-0.05, 0) is 80.3 Å². The number of alkyl halides is 9. The summed E-state index contributed by atoms with van der Waals surface area (Å²) in [4.78, 5) is 31.2. The number of rotatable bonds is 12. The summed E-state index contributed by atoms with van der Waals surface area (Å²) in [6, 6.07) is 13.4. The van der Waals surface area contributed by atoms with Gasteiger partial charge in [-0.1, -0.05) is 18.2 Å². The molecule has 5 aromatic rings.